The van der Waals surface area contributed by atoms with E-state index in [2.05, 4.69) is 27.0 Å². The quantitative estimate of drug-likeness (QED) is 0.614. The van der Waals surface area contributed by atoms with Gasteiger partial charge >= 0.3 is 0 Å². The summed E-state index contributed by atoms with van der Waals surface area (Å²) in [6.45, 7) is 14.1. The Morgan fingerprint density at radius 3 is 2.36 bits per heavy atom. The molecule has 0 aromatic rings. The first-order valence-electron chi connectivity index (χ1n) is 5.23. The minimum Gasteiger partial charge on any atom is -0.299 e. The van der Waals surface area contributed by atoms with E-state index in [0.717, 1.165) is 0 Å². The molecule has 3 atom stereocenters. The molecule has 0 radical (unpaired) electrons. The minimum atomic E-state index is 0.108. The first kappa shape index (κ1) is 11.2. The summed E-state index contributed by atoms with van der Waals surface area (Å²) in [5, 5.41) is 0. The van der Waals surface area contributed by atoms with Gasteiger partial charge in [0.15, 0.2) is 0 Å². The van der Waals surface area contributed by atoms with E-state index in [1.54, 1.807) is 0 Å². The topological polar surface area (TPSA) is 17.1 Å². The summed E-state index contributed by atoms with van der Waals surface area (Å²) in [5.41, 5.74) is 0.108. The molecule has 0 saturated heterocycles. The molecule has 0 spiro atoms. The lowest BCUT2D eigenvalue weighted by Crippen LogP contribution is -2.43. The predicted octanol–water partition coefficient (Wildman–Crippen LogP) is 3.23. The van der Waals surface area contributed by atoms with Crippen LogP contribution in [0.2, 0.25) is 0 Å². The molecule has 1 heteroatoms. The molecule has 1 fully saturated rings. The van der Waals surface area contributed by atoms with Crippen molar-refractivity contribution in [2.45, 2.75) is 27.2 Å². The summed E-state index contributed by atoms with van der Waals surface area (Å²) < 4.78 is 0. The maximum absolute atomic E-state index is 11.7. The summed E-state index contributed by atoms with van der Waals surface area (Å²) >= 11 is 0. The molecule has 1 nitrogen and oxygen atoms in total. The molecule has 0 aromatic carbocycles. The highest BCUT2D eigenvalue weighted by Gasteiger charge is 2.44. The van der Waals surface area contributed by atoms with Crippen LogP contribution in [0.5, 0.6) is 0 Å². The van der Waals surface area contributed by atoms with Crippen LogP contribution in [0.1, 0.15) is 27.2 Å². The van der Waals surface area contributed by atoms with Gasteiger partial charge in [-0.25, -0.2) is 0 Å². The van der Waals surface area contributed by atoms with Crippen molar-refractivity contribution in [2.24, 2.45) is 23.2 Å². The number of allylic oxidation sites excluding steroid dienone is 2. The fourth-order valence-corrected chi connectivity index (χ4v) is 2.65. The first-order chi connectivity index (χ1) is 6.45. The van der Waals surface area contributed by atoms with Gasteiger partial charge in [-0.05, 0) is 17.3 Å². The van der Waals surface area contributed by atoms with Gasteiger partial charge in [0, 0.05) is 12.3 Å². The summed E-state index contributed by atoms with van der Waals surface area (Å²) in [6, 6.07) is 0. The van der Waals surface area contributed by atoms with Crippen LogP contribution in [-0.4, -0.2) is 5.78 Å². The molecule has 0 aliphatic heterocycles. The fourth-order valence-electron chi connectivity index (χ4n) is 2.65. The number of ketones is 1. The average molecular weight is 192 g/mol. The standard InChI is InChI=1S/C13H20O/c1-6-10-8-12(14)9(3)11(7-2)13(10,4)5/h6-7,9-11H,1-2,8H2,3-5H3/t9-,10-,11-/m0/s1. The summed E-state index contributed by atoms with van der Waals surface area (Å²) in [6.07, 6.45) is 4.49. The monoisotopic (exact) mass is 192 g/mol. The van der Waals surface area contributed by atoms with Crippen LogP contribution in [0, 0.1) is 23.2 Å². The van der Waals surface area contributed by atoms with Crippen LogP contribution in [-0.2, 0) is 4.79 Å². The Bertz CT molecular complexity index is 262. The number of hydrogen-bond acceptors (Lipinski definition) is 1. The zero-order valence-corrected chi connectivity index (χ0v) is 9.42. The van der Waals surface area contributed by atoms with E-state index in [4.69, 9.17) is 0 Å². The van der Waals surface area contributed by atoms with Crippen molar-refractivity contribution >= 4 is 5.78 Å². The van der Waals surface area contributed by atoms with E-state index in [0.29, 0.717) is 12.2 Å². The molecule has 1 saturated carbocycles. The van der Waals surface area contributed by atoms with Gasteiger partial charge in [-0.2, -0.15) is 0 Å². The molecule has 0 amide bonds. The second kappa shape index (κ2) is 3.72. The van der Waals surface area contributed by atoms with Crippen molar-refractivity contribution in [1.82, 2.24) is 0 Å². The Morgan fingerprint density at radius 2 is 1.93 bits per heavy atom. The lowest BCUT2D eigenvalue weighted by Gasteiger charge is -2.45. The van der Waals surface area contributed by atoms with Crippen LogP contribution in [0.25, 0.3) is 0 Å². The minimum absolute atomic E-state index is 0.108. The molecule has 1 aliphatic carbocycles. The molecule has 0 unspecified atom stereocenters. The number of rotatable bonds is 2. The Balaban J connectivity index is 3.05. The van der Waals surface area contributed by atoms with E-state index in [-0.39, 0.29) is 23.2 Å². The number of Topliss-reactive ketones (excluding diaryl/α,β-unsaturated/α-hetero) is 1. The van der Waals surface area contributed by atoms with Crippen LogP contribution in [0.15, 0.2) is 25.3 Å². The Morgan fingerprint density at radius 1 is 1.36 bits per heavy atom. The van der Waals surface area contributed by atoms with Gasteiger partial charge in [0.2, 0.25) is 0 Å². The van der Waals surface area contributed by atoms with Gasteiger partial charge in [-0.1, -0.05) is 32.9 Å². The number of carbonyl (C=O) groups is 1. The van der Waals surface area contributed by atoms with Crippen LogP contribution in [0.4, 0.5) is 0 Å². The molecule has 0 aromatic heterocycles. The van der Waals surface area contributed by atoms with E-state index in [1.807, 2.05) is 19.1 Å². The number of carbonyl (C=O) groups excluding carboxylic acids is 1. The zero-order chi connectivity index (χ0) is 10.9. The maximum atomic E-state index is 11.7. The highest BCUT2D eigenvalue weighted by Crippen LogP contribution is 2.47. The summed E-state index contributed by atoms with van der Waals surface area (Å²) in [5.74, 6) is 1.01. The van der Waals surface area contributed by atoms with E-state index < -0.39 is 0 Å². The number of hydrogen-bond donors (Lipinski definition) is 0. The molecule has 0 N–H and O–H groups in total. The van der Waals surface area contributed by atoms with Gasteiger partial charge in [0.25, 0.3) is 0 Å². The Hall–Kier alpha value is -0.850. The van der Waals surface area contributed by atoms with E-state index in [1.165, 1.54) is 0 Å². The molecular weight excluding hydrogens is 172 g/mol. The highest BCUT2D eigenvalue weighted by atomic mass is 16.1. The van der Waals surface area contributed by atoms with Gasteiger partial charge < -0.3 is 0 Å². The van der Waals surface area contributed by atoms with Crippen molar-refractivity contribution in [3.8, 4) is 0 Å². The lowest BCUT2D eigenvalue weighted by atomic mass is 9.58. The molecular formula is C13H20O. The summed E-state index contributed by atoms with van der Waals surface area (Å²) in [7, 11) is 0. The molecule has 0 heterocycles. The fraction of sp³-hybridized carbons (Fsp3) is 0.615. The molecule has 14 heavy (non-hydrogen) atoms. The van der Waals surface area contributed by atoms with Crippen LogP contribution < -0.4 is 0 Å². The molecule has 1 rings (SSSR count). The van der Waals surface area contributed by atoms with Crippen molar-refractivity contribution in [2.75, 3.05) is 0 Å². The zero-order valence-electron chi connectivity index (χ0n) is 9.42. The van der Waals surface area contributed by atoms with Crippen molar-refractivity contribution < 1.29 is 4.79 Å². The molecule has 78 valence electrons. The third-order valence-electron chi connectivity index (χ3n) is 3.82. The Labute approximate surface area is 86.9 Å². The van der Waals surface area contributed by atoms with Gasteiger partial charge in [-0.15, -0.1) is 13.2 Å². The lowest BCUT2D eigenvalue weighted by molar-refractivity contribution is -0.130. The second-order valence-electron chi connectivity index (χ2n) is 4.88. The Kier molecular flexibility index (Phi) is 2.98. The summed E-state index contributed by atoms with van der Waals surface area (Å²) in [4.78, 5) is 11.7. The smallest absolute Gasteiger partial charge is 0.136 e. The second-order valence-corrected chi connectivity index (χ2v) is 4.88. The molecule has 0 bridgehead atoms. The maximum Gasteiger partial charge on any atom is 0.136 e. The van der Waals surface area contributed by atoms with Gasteiger partial charge in [0.1, 0.15) is 5.78 Å². The van der Waals surface area contributed by atoms with E-state index in [9.17, 15) is 4.79 Å². The normalized spacial score (nSPS) is 36.5. The van der Waals surface area contributed by atoms with Crippen LogP contribution in [0.3, 0.4) is 0 Å². The van der Waals surface area contributed by atoms with Crippen molar-refractivity contribution in [1.29, 1.82) is 0 Å². The van der Waals surface area contributed by atoms with Gasteiger partial charge in [-0.3, -0.25) is 4.79 Å². The first-order valence-corrected chi connectivity index (χ1v) is 5.23. The average Bonchev–Trinajstić information content (AvgIpc) is 2.12. The van der Waals surface area contributed by atoms with Gasteiger partial charge in [0.05, 0.1) is 0 Å². The molecule has 1 aliphatic rings. The SMILES string of the molecule is C=C[C@H]1CC(=O)[C@@H](C)[C@H](C=C)C1(C)C. The predicted molar refractivity (Wildman–Crippen MR) is 59.9 cm³/mol. The third-order valence-corrected chi connectivity index (χ3v) is 3.82. The van der Waals surface area contributed by atoms with Crippen molar-refractivity contribution in [3.63, 3.8) is 0 Å². The highest BCUT2D eigenvalue weighted by molar-refractivity contribution is 5.82. The third kappa shape index (κ3) is 1.56. The van der Waals surface area contributed by atoms with E-state index >= 15 is 0 Å². The largest absolute Gasteiger partial charge is 0.299 e. The van der Waals surface area contributed by atoms with Crippen molar-refractivity contribution in [3.05, 3.63) is 25.3 Å². The van der Waals surface area contributed by atoms with Crippen LogP contribution >= 0.6 is 0 Å².